The minimum Gasteiger partial charge on any atom is -0.495 e. The Balaban J connectivity index is 1.70. The van der Waals surface area contributed by atoms with Crippen LogP contribution in [0.15, 0.2) is 59.6 Å². The van der Waals surface area contributed by atoms with Crippen molar-refractivity contribution in [3.05, 3.63) is 71.9 Å². The highest BCUT2D eigenvalue weighted by Crippen LogP contribution is 2.34. The minimum absolute atomic E-state index is 0.0926. The number of hydrogen-bond donors (Lipinski definition) is 2. The molecule has 204 valence electrons. The number of aryl methyl sites for hydroxylation is 1. The standard InChI is InChI=1S/C28H28F2N4O4S/c1-6-16-7-12-22(38-5)23(13-16)39(36,37)34-21-11-9-19(29)24(25(21)30)17-8-10-20-18(14-17)15-31-27(32-20)33-26(35)28(2,3)4/h7-15,34H,6H2,1-5H3,(H,31,32,33,35). The molecule has 0 bridgehead atoms. The van der Waals surface area contributed by atoms with Crippen LogP contribution in [-0.4, -0.2) is 31.4 Å². The second kappa shape index (κ2) is 10.6. The number of nitrogens with one attached hydrogen (secondary N) is 2. The van der Waals surface area contributed by atoms with Gasteiger partial charge in [0.25, 0.3) is 10.0 Å². The summed E-state index contributed by atoms with van der Waals surface area (Å²) < 4.78 is 64.3. The van der Waals surface area contributed by atoms with Crippen molar-refractivity contribution < 1.29 is 26.7 Å². The van der Waals surface area contributed by atoms with Crippen molar-refractivity contribution in [2.45, 2.75) is 39.0 Å². The van der Waals surface area contributed by atoms with Crippen LogP contribution in [-0.2, 0) is 21.2 Å². The summed E-state index contributed by atoms with van der Waals surface area (Å²) in [5.41, 5.74) is -0.148. The lowest BCUT2D eigenvalue weighted by atomic mass is 9.96. The molecule has 0 aliphatic carbocycles. The lowest BCUT2D eigenvalue weighted by Crippen LogP contribution is -2.28. The Hall–Kier alpha value is -4.12. The van der Waals surface area contributed by atoms with Gasteiger partial charge in [-0.3, -0.25) is 14.8 Å². The molecular weight excluding hydrogens is 526 g/mol. The summed E-state index contributed by atoms with van der Waals surface area (Å²) in [7, 11) is -2.94. The van der Waals surface area contributed by atoms with E-state index < -0.39 is 38.3 Å². The predicted molar refractivity (Wildman–Crippen MR) is 146 cm³/mol. The van der Waals surface area contributed by atoms with Gasteiger partial charge in [-0.15, -0.1) is 0 Å². The molecule has 0 spiro atoms. The van der Waals surface area contributed by atoms with E-state index in [1.54, 1.807) is 26.8 Å². The maximum Gasteiger partial charge on any atom is 0.265 e. The number of rotatable bonds is 7. The average molecular weight is 555 g/mol. The SMILES string of the molecule is CCc1ccc(OC)c(S(=O)(=O)Nc2ccc(F)c(-c3ccc4nc(NC(=O)C(C)(C)C)ncc4c3)c2F)c1. The first-order valence-corrected chi connectivity index (χ1v) is 13.6. The molecule has 1 amide bonds. The van der Waals surface area contributed by atoms with Gasteiger partial charge in [-0.1, -0.05) is 39.8 Å². The third-order valence-corrected chi connectivity index (χ3v) is 7.42. The van der Waals surface area contributed by atoms with Crippen molar-refractivity contribution in [2.75, 3.05) is 17.1 Å². The van der Waals surface area contributed by atoms with E-state index in [1.165, 1.54) is 43.6 Å². The zero-order valence-electron chi connectivity index (χ0n) is 22.1. The first-order chi connectivity index (χ1) is 18.3. The Bertz CT molecular complexity index is 1690. The number of carbonyl (C=O) groups is 1. The van der Waals surface area contributed by atoms with Crippen LogP contribution < -0.4 is 14.8 Å². The van der Waals surface area contributed by atoms with Gasteiger partial charge in [0.05, 0.1) is 23.9 Å². The second-order valence-electron chi connectivity index (χ2n) is 9.90. The molecule has 3 aromatic carbocycles. The number of nitrogens with zero attached hydrogens (tertiary/aromatic N) is 2. The molecule has 0 saturated carbocycles. The predicted octanol–water partition coefficient (Wildman–Crippen LogP) is 5.93. The topological polar surface area (TPSA) is 110 Å². The Labute approximate surface area is 225 Å². The van der Waals surface area contributed by atoms with Gasteiger partial charge in [0, 0.05) is 17.0 Å². The van der Waals surface area contributed by atoms with Crippen molar-refractivity contribution in [1.29, 1.82) is 0 Å². The third kappa shape index (κ3) is 5.83. The number of fused-ring (bicyclic) bond motifs is 1. The van der Waals surface area contributed by atoms with Crippen LogP contribution in [0.5, 0.6) is 5.75 Å². The van der Waals surface area contributed by atoms with E-state index in [0.29, 0.717) is 17.3 Å². The lowest BCUT2D eigenvalue weighted by molar-refractivity contribution is -0.123. The number of halogens is 2. The van der Waals surface area contributed by atoms with Gasteiger partial charge in [-0.2, -0.15) is 0 Å². The van der Waals surface area contributed by atoms with E-state index in [1.807, 2.05) is 6.92 Å². The quantitative estimate of drug-likeness (QED) is 0.293. The van der Waals surface area contributed by atoms with Crippen molar-refractivity contribution in [3.63, 3.8) is 0 Å². The Morgan fingerprint density at radius 1 is 1.05 bits per heavy atom. The zero-order chi connectivity index (χ0) is 28.5. The Morgan fingerprint density at radius 3 is 2.46 bits per heavy atom. The van der Waals surface area contributed by atoms with Crippen LogP contribution in [0.1, 0.15) is 33.3 Å². The molecule has 11 heteroatoms. The molecule has 1 heterocycles. The van der Waals surface area contributed by atoms with Crippen LogP contribution >= 0.6 is 0 Å². The summed E-state index contributed by atoms with van der Waals surface area (Å²) in [6.07, 6.45) is 2.01. The molecule has 4 aromatic rings. The molecule has 4 rings (SSSR count). The fourth-order valence-electron chi connectivity index (χ4n) is 3.78. The first-order valence-electron chi connectivity index (χ1n) is 12.1. The number of methoxy groups -OCH3 is 1. The highest BCUT2D eigenvalue weighted by Gasteiger charge is 2.25. The number of hydrogen-bond acceptors (Lipinski definition) is 6. The van der Waals surface area contributed by atoms with E-state index in [9.17, 15) is 17.6 Å². The van der Waals surface area contributed by atoms with Gasteiger partial charge in [0.2, 0.25) is 11.9 Å². The molecule has 0 aliphatic rings. The number of aromatic nitrogens is 2. The summed E-state index contributed by atoms with van der Waals surface area (Å²) in [5, 5.41) is 3.11. The highest BCUT2D eigenvalue weighted by molar-refractivity contribution is 7.92. The van der Waals surface area contributed by atoms with Crippen LogP contribution in [0.3, 0.4) is 0 Å². The summed E-state index contributed by atoms with van der Waals surface area (Å²) >= 11 is 0. The van der Waals surface area contributed by atoms with Gasteiger partial charge >= 0.3 is 0 Å². The van der Waals surface area contributed by atoms with Gasteiger partial charge in [-0.25, -0.2) is 27.2 Å². The number of amides is 1. The van der Waals surface area contributed by atoms with Crippen molar-refractivity contribution in [2.24, 2.45) is 5.41 Å². The minimum atomic E-state index is -4.27. The van der Waals surface area contributed by atoms with E-state index in [0.717, 1.165) is 17.7 Å². The smallest absolute Gasteiger partial charge is 0.265 e. The third-order valence-electron chi connectivity index (χ3n) is 6.04. The number of benzene rings is 3. The monoisotopic (exact) mass is 554 g/mol. The fraction of sp³-hybridized carbons (Fsp3) is 0.250. The van der Waals surface area contributed by atoms with Gasteiger partial charge in [-0.05, 0) is 53.9 Å². The Morgan fingerprint density at radius 2 is 1.79 bits per heavy atom. The summed E-state index contributed by atoms with van der Waals surface area (Å²) in [6, 6.07) is 11.2. The maximum absolute atomic E-state index is 15.6. The molecule has 0 fully saturated rings. The Kier molecular flexibility index (Phi) is 7.56. The van der Waals surface area contributed by atoms with E-state index in [2.05, 4.69) is 20.0 Å². The molecular formula is C28H28F2N4O4S. The van der Waals surface area contributed by atoms with E-state index >= 15 is 4.39 Å². The van der Waals surface area contributed by atoms with Crippen molar-refractivity contribution in [3.8, 4) is 16.9 Å². The second-order valence-corrected chi connectivity index (χ2v) is 11.6. The largest absolute Gasteiger partial charge is 0.495 e. The van der Waals surface area contributed by atoms with Crippen molar-refractivity contribution in [1.82, 2.24) is 9.97 Å². The number of ether oxygens (including phenoxy) is 1. The number of anilines is 2. The molecule has 1 aromatic heterocycles. The molecule has 0 aliphatic heterocycles. The molecule has 8 nitrogen and oxygen atoms in total. The molecule has 2 N–H and O–H groups in total. The molecule has 0 atom stereocenters. The molecule has 0 radical (unpaired) electrons. The van der Waals surface area contributed by atoms with Crippen LogP contribution in [0.2, 0.25) is 0 Å². The summed E-state index contributed by atoms with van der Waals surface area (Å²) in [5.74, 6) is -2.03. The summed E-state index contributed by atoms with van der Waals surface area (Å²) in [6.45, 7) is 7.14. The van der Waals surface area contributed by atoms with Crippen molar-refractivity contribution >= 4 is 38.5 Å². The average Bonchev–Trinajstić information content (AvgIpc) is 2.89. The molecule has 39 heavy (non-hydrogen) atoms. The van der Waals surface area contributed by atoms with E-state index in [4.69, 9.17) is 4.74 Å². The van der Waals surface area contributed by atoms with E-state index in [-0.39, 0.29) is 28.1 Å². The number of sulfonamides is 1. The first kappa shape index (κ1) is 27.9. The highest BCUT2D eigenvalue weighted by atomic mass is 32.2. The normalized spacial score (nSPS) is 11.9. The van der Waals surface area contributed by atoms with Crippen LogP contribution in [0.4, 0.5) is 20.4 Å². The molecule has 0 saturated heterocycles. The zero-order valence-corrected chi connectivity index (χ0v) is 22.9. The van der Waals surface area contributed by atoms with Gasteiger partial charge in [0.15, 0.2) is 5.82 Å². The lowest BCUT2D eigenvalue weighted by Gasteiger charge is -2.17. The number of carbonyl (C=O) groups excluding carboxylic acids is 1. The van der Waals surface area contributed by atoms with Gasteiger partial charge in [0.1, 0.15) is 16.5 Å². The van der Waals surface area contributed by atoms with Crippen LogP contribution in [0, 0.1) is 17.0 Å². The summed E-state index contributed by atoms with van der Waals surface area (Å²) in [4.78, 5) is 20.5. The maximum atomic E-state index is 15.6. The van der Waals surface area contributed by atoms with Gasteiger partial charge < -0.3 is 4.74 Å². The van der Waals surface area contributed by atoms with Crippen LogP contribution in [0.25, 0.3) is 22.0 Å². The fourth-order valence-corrected chi connectivity index (χ4v) is 5.06. The molecule has 0 unspecified atom stereocenters.